The lowest BCUT2D eigenvalue weighted by molar-refractivity contribution is -0.274. The summed E-state index contributed by atoms with van der Waals surface area (Å²) in [5, 5.41) is 0. The Labute approximate surface area is 132 Å². The number of alkyl halides is 3. The zero-order valence-electron chi connectivity index (χ0n) is 12.8. The smallest absolute Gasteiger partial charge is 0.406 e. The predicted molar refractivity (Wildman–Crippen MR) is 77.7 cm³/mol. The van der Waals surface area contributed by atoms with Gasteiger partial charge in [0.2, 0.25) is 5.91 Å². The van der Waals surface area contributed by atoms with Crippen LogP contribution in [-0.2, 0) is 11.3 Å². The molecule has 3 rings (SSSR count). The number of fused-ring (bicyclic) bond motifs is 1. The van der Waals surface area contributed by atoms with Crippen molar-refractivity contribution in [1.29, 1.82) is 0 Å². The molecule has 2 heterocycles. The first-order chi connectivity index (χ1) is 10.8. The zero-order chi connectivity index (χ0) is 16.6. The highest BCUT2D eigenvalue weighted by Gasteiger charge is 2.40. The van der Waals surface area contributed by atoms with Gasteiger partial charge in [-0.2, -0.15) is 0 Å². The molecule has 1 amide bonds. The highest BCUT2D eigenvalue weighted by Crippen LogP contribution is 2.28. The van der Waals surface area contributed by atoms with Crippen molar-refractivity contribution in [1.82, 2.24) is 9.80 Å². The number of piperazine rings is 1. The Morgan fingerprint density at radius 3 is 2.87 bits per heavy atom. The van der Waals surface area contributed by atoms with Gasteiger partial charge in [-0.15, -0.1) is 13.2 Å². The van der Waals surface area contributed by atoms with E-state index in [0.29, 0.717) is 12.1 Å². The fraction of sp³-hybridized carbons (Fsp3) is 0.562. The number of rotatable bonds is 3. The molecule has 2 aliphatic heterocycles. The van der Waals surface area contributed by atoms with Crippen LogP contribution in [0.3, 0.4) is 0 Å². The molecule has 0 aliphatic carbocycles. The number of carbonyl (C=O) groups is 1. The van der Waals surface area contributed by atoms with Crippen LogP contribution >= 0.6 is 0 Å². The molecule has 0 spiro atoms. The third-order valence-corrected chi connectivity index (χ3v) is 4.53. The molecule has 7 heteroatoms. The van der Waals surface area contributed by atoms with E-state index in [2.05, 4.69) is 4.74 Å². The second-order valence-electron chi connectivity index (χ2n) is 6.13. The van der Waals surface area contributed by atoms with Crippen molar-refractivity contribution in [2.75, 3.05) is 13.1 Å². The zero-order valence-corrected chi connectivity index (χ0v) is 12.8. The standard InChI is InChI=1S/C16H19F3N2O2/c1-11-15(22)21-7-3-5-13(21)10-20(11)9-12-4-2-6-14(8-12)23-16(17,18)19/h2,4,6,8,11,13H,3,5,7,9-10H2,1H3/t11-,13+/m1/s1. The number of benzene rings is 1. The normalized spacial score (nSPS) is 25.6. The van der Waals surface area contributed by atoms with Crippen molar-refractivity contribution in [2.24, 2.45) is 0 Å². The van der Waals surface area contributed by atoms with Crippen LogP contribution in [0.15, 0.2) is 24.3 Å². The topological polar surface area (TPSA) is 32.8 Å². The second-order valence-corrected chi connectivity index (χ2v) is 6.13. The predicted octanol–water partition coefficient (Wildman–Crippen LogP) is 2.78. The average Bonchev–Trinajstić information content (AvgIpc) is 2.91. The molecule has 1 aromatic carbocycles. The second kappa shape index (κ2) is 6.03. The van der Waals surface area contributed by atoms with Crippen molar-refractivity contribution >= 4 is 5.91 Å². The quantitative estimate of drug-likeness (QED) is 0.855. The van der Waals surface area contributed by atoms with Crippen LogP contribution in [-0.4, -0.2) is 47.2 Å². The molecule has 0 aromatic heterocycles. The van der Waals surface area contributed by atoms with E-state index in [0.717, 1.165) is 25.9 Å². The Hall–Kier alpha value is -1.76. The Morgan fingerprint density at radius 2 is 2.13 bits per heavy atom. The van der Waals surface area contributed by atoms with Gasteiger partial charge in [0.15, 0.2) is 0 Å². The molecule has 0 radical (unpaired) electrons. The number of amides is 1. The first kappa shape index (κ1) is 16.1. The molecular weight excluding hydrogens is 309 g/mol. The minimum absolute atomic E-state index is 0.112. The molecule has 126 valence electrons. The maximum Gasteiger partial charge on any atom is 0.573 e. The van der Waals surface area contributed by atoms with Crippen LogP contribution in [0, 0.1) is 0 Å². The maximum absolute atomic E-state index is 12.4. The van der Waals surface area contributed by atoms with Gasteiger partial charge in [-0.1, -0.05) is 12.1 Å². The van der Waals surface area contributed by atoms with Gasteiger partial charge in [0.25, 0.3) is 0 Å². The number of hydrogen-bond acceptors (Lipinski definition) is 3. The largest absolute Gasteiger partial charge is 0.573 e. The summed E-state index contributed by atoms with van der Waals surface area (Å²) in [5.41, 5.74) is 0.706. The molecule has 2 aliphatic rings. The van der Waals surface area contributed by atoms with Gasteiger partial charge in [0.05, 0.1) is 6.04 Å². The molecule has 1 aromatic rings. The molecule has 23 heavy (non-hydrogen) atoms. The van der Waals surface area contributed by atoms with Crippen molar-refractivity contribution in [2.45, 2.75) is 44.8 Å². The molecule has 0 unspecified atom stereocenters. The van der Waals surface area contributed by atoms with E-state index in [1.54, 1.807) is 6.07 Å². The lowest BCUT2D eigenvalue weighted by Gasteiger charge is -2.41. The highest BCUT2D eigenvalue weighted by molar-refractivity contribution is 5.83. The third-order valence-electron chi connectivity index (χ3n) is 4.53. The van der Waals surface area contributed by atoms with Crippen LogP contribution in [0.25, 0.3) is 0 Å². The fourth-order valence-electron chi connectivity index (χ4n) is 3.42. The van der Waals surface area contributed by atoms with Gasteiger partial charge in [-0.3, -0.25) is 9.69 Å². The number of halogens is 3. The SMILES string of the molecule is C[C@@H]1C(=O)N2CCC[C@H]2CN1Cc1cccc(OC(F)(F)F)c1. The van der Waals surface area contributed by atoms with E-state index < -0.39 is 6.36 Å². The third kappa shape index (κ3) is 3.60. The Kier molecular flexibility index (Phi) is 4.23. The molecule has 2 atom stereocenters. The lowest BCUT2D eigenvalue weighted by atomic mass is 10.1. The van der Waals surface area contributed by atoms with E-state index in [9.17, 15) is 18.0 Å². The fourth-order valence-corrected chi connectivity index (χ4v) is 3.42. The summed E-state index contributed by atoms with van der Waals surface area (Å²) >= 11 is 0. The van der Waals surface area contributed by atoms with Gasteiger partial charge in [0, 0.05) is 25.7 Å². The minimum Gasteiger partial charge on any atom is -0.406 e. The van der Waals surface area contributed by atoms with Gasteiger partial charge in [-0.25, -0.2) is 0 Å². The van der Waals surface area contributed by atoms with E-state index in [4.69, 9.17) is 0 Å². The first-order valence-corrected chi connectivity index (χ1v) is 7.73. The Bertz CT molecular complexity index is 591. The summed E-state index contributed by atoms with van der Waals surface area (Å²) in [7, 11) is 0. The number of hydrogen-bond donors (Lipinski definition) is 0. The lowest BCUT2D eigenvalue weighted by Crippen LogP contribution is -2.58. The molecule has 0 N–H and O–H groups in total. The Balaban J connectivity index is 1.71. The van der Waals surface area contributed by atoms with Crippen LogP contribution < -0.4 is 4.74 Å². The summed E-state index contributed by atoms with van der Waals surface area (Å²) in [6.45, 7) is 3.87. The van der Waals surface area contributed by atoms with E-state index in [1.165, 1.54) is 18.2 Å². The van der Waals surface area contributed by atoms with Crippen molar-refractivity contribution < 1.29 is 22.7 Å². The van der Waals surface area contributed by atoms with E-state index >= 15 is 0 Å². The molecule has 2 saturated heterocycles. The molecular formula is C16H19F3N2O2. The minimum atomic E-state index is -4.70. The van der Waals surface area contributed by atoms with Gasteiger partial charge in [0.1, 0.15) is 5.75 Å². The molecule has 4 nitrogen and oxygen atoms in total. The van der Waals surface area contributed by atoms with Crippen LogP contribution in [0.4, 0.5) is 13.2 Å². The van der Waals surface area contributed by atoms with Gasteiger partial charge < -0.3 is 9.64 Å². The average molecular weight is 328 g/mol. The Morgan fingerprint density at radius 1 is 1.35 bits per heavy atom. The number of ether oxygens (including phenoxy) is 1. The summed E-state index contributed by atoms with van der Waals surface area (Å²) in [5.74, 6) is -0.116. The summed E-state index contributed by atoms with van der Waals surface area (Å²) in [6, 6.07) is 5.92. The molecule has 0 saturated carbocycles. The van der Waals surface area contributed by atoms with Gasteiger partial charge >= 0.3 is 6.36 Å². The molecule has 2 fully saturated rings. The van der Waals surface area contributed by atoms with Crippen molar-refractivity contribution in [3.05, 3.63) is 29.8 Å². The van der Waals surface area contributed by atoms with E-state index in [-0.39, 0.29) is 23.7 Å². The van der Waals surface area contributed by atoms with E-state index in [1.807, 2.05) is 16.7 Å². The van der Waals surface area contributed by atoms with Crippen LogP contribution in [0.5, 0.6) is 5.75 Å². The van der Waals surface area contributed by atoms with Crippen LogP contribution in [0.2, 0.25) is 0 Å². The monoisotopic (exact) mass is 328 g/mol. The maximum atomic E-state index is 12.4. The van der Waals surface area contributed by atoms with Gasteiger partial charge in [-0.05, 0) is 37.5 Å². The highest BCUT2D eigenvalue weighted by atomic mass is 19.4. The summed E-state index contributed by atoms with van der Waals surface area (Å²) in [6.07, 6.45) is -2.69. The summed E-state index contributed by atoms with van der Waals surface area (Å²) in [4.78, 5) is 16.3. The molecule has 0 bridgehead atoms. The van der Waals surface area contributed by atoms with Crippen molar-refractivity contribution in [3.63, 3.8) is 0 Å². The number of carbonyl (C=O) groups excluding carboxylic acids is 1. The number of nitrogens with zero attached hydrogens (tertiary/aromatic N) is 2. The first-order valence-electron chi connectivity index (χ1n) is 7.73. The van der Waals surface area contributed by atoms with Crippen LogP contribution in [0.1, 0.15) is 25.3 Å². The summed E-state index contributed by atoms with van der Waals surface area (Å²) < 4.78 is 40.9. The van der Waals surface area contributed by atoms with Crippen molar-refractivity contribution in [3.8, 4) is 5.75 Å².